The third-order valence-electron chi connectivity index (χ3n) is 6.89. The molecule has 2 N–H and O–H groups in total. The molecule has 43 heavy (non-hydrogen) atoms. The van der Waals surface area contributed by atoms with Gasteiger partial charge in [-0.15, -0.1) is 11.8 Å². The zero-order valence-electron chi connectivity index (χ0n) is 22.4. The number of nitrogens with one attached hydrogen (secondary N) is 2. The van der Waals surface area contributed by atoms with E-state index in [1.54, 1.807) is 18.2 Å². The van der Waals surface area contributed by atoms with E-state index in [2.05, 4.69) is 15.6 Å². The number of rotatable bonds is 6. The average Bonchev–Trinajstić information content (AvgIpc) is 3.23. The molecular weight excluding hydrogens is 614 g/mol. The highest BCUT2D eigenvalue weighted by Crippen LogP contribution is 2.42. The first-order chi connectivity index (χ1) is 20.4. The van der Waals surface area contributed by atoms with E-state index in [0.29, 0.717) is 46.0 Å². The van der Waals surface area contributed by atoms with Gasteiger partial charge in [0.1, 0.15) is 5.82 Å². The maximum absolute atomic E-state index is 14.1. The lowest BCUT2D eigenvalue weighted by Gasteiger charge is -2.32. The van der Waals surface area contributed by atoms with Crippen LogP contribution in [0.25, 0.3) is 0 Å². The molecular formula is C29H24ClF4N3O5S. The lowest BCUT2D eigenvalue weighted by molar-refractivity contribution is -0.225. The summed E-state index contributed by atoms with van der Waals surface area (Å²) < 4.78 is 63.7. The third-order valence-corrected chi connectivity index (χ3v) is 8.52. The Morgan fingerprint density at radius 3 is 2.47 bits per heavy atom. The van der Waals surface area contributed by atoms with Crippen LogP contribution in [0.1, 0.15) is 51.1 Å². The summed E-state index contributed by atoms with van der Waals surface area (Å²) in [5, 5.41) is 6.10. The standard InChI is InChI=1S/C29H24ClF4N3O5S/c30-22-6-5-21-20(9-10-35-15-28(21)41-24(38)7-8-25(39)42-28)26(22)43-14-19-4-2-17(13-36-19)27(40)37-12-16-1-3-18(11-23(16)31)29(32,33)34/h1-6,11,13,35H,7-10,12,14-15H2,(H,37,40). The molecule has 14 heteroatoms. The van der Waals surface area contributed by atoms with Crippen LogP contribution in [0.5, 0.6) is 0 Å². The Kier molecular flexibility index (Phi) is 8.95. The Morgan fingerprint density at radius 1 is 1.07 bits per heavy atom. The molecule has 0 radical (unpaired) electrons. The lowest BCUT2D eigenvalue weighted by atomic mass is 9.98. The number of thioether (sulfide) groups is 1. The van der Waals surface area contributed by atoms with Gasteiger partial charge in [-0.25, -0.2) is 4.39 Å². The first-order valence-corrected chi connectivity index (χ1v) is 14.5. The molecule has 2 aliphatic rings. The maximum Gasteiger partial charge on any atom is 0.416 e. The van der Waals surface area contributed by atoms with Gasteiger partial charge in [0.25, 0.3) is 11.7 Å². The minimum atomic E-state index is -4.67. The molecule has 3 heterocycles. The molecule has 2 aromatic carbocycles. The van der Waals surface area contributed by atoms with Crippen molar-refractivity contribution in [3.05, 3.63) is 93.0 Å². The Labute approximate surface area is 252 Å². The molecule has 1 amide bonds. The number of hydrogen-bond donors (Lipinski definition) is 2. The molecule has 0 bridgehead atoms. The van der Waals surface area contributed by atoms with E-state index in [-0.39, 0.29) is 37.1 Å². The van der Waals surface area contributed by atoms with E-state index < -0.39 is 41.2 Å². The SMILES string of the molecule is O=C1CCC(=O)OC2(CNCCc3c2ccc(Cl)c3SCc2ccc(C(=O)NCc3ccc(C(F)(F)F)cc3F)cn2)O1. The van der Waals surface area contributed by atoms with Crippen LogP contribution in [0.15, 0.2) is 53.6 Å². The van der Waals surface area contributed by atoms with E-state index >= 15 is 0 Å². The van der Waals surface area contributed by atoms with Crippen molar-refractivity contribution in [1.82, 2.24) is 15.6 Å². The fourth-order valence-corrected chi connectivity index (χ4v) is 6.13. The van der Waals surface area contributed by atoms with Crippen molar-refractivity contribution in [2.75, 3.05) is 13.1 Å². The van der Waals surface area contributed by atoms with Gasteiger partial charge in [-0.1, -0.05) is 17.7 Å². The number of amides is 1. The van der Waals surface area contributed by atoms with Crippen LogP contribution in [-0.2, 0) is 49.7 Å². The van der Waals surface area contributed by atoms with Crippen LogP contribution < -0.4 is 10.6 Å². The maximum atomic E-state index is 14.1. The summed E-state index contributed by atoms with van der Waals surface area (Å²) in [5.74, 6) is -3.98. The summed E-state index contributed by atoms with van der Waals surface area (Å²) in [6, 6.07) is 8.63. The Morgan fingerprint density at radius 2 is 1.81 bits per heavy atom. The van der Waals surface area contributed by atoms with Crippen LogP contribution in [0.3, 0.4) is 0 Å². The molecule has 5 rings (SSSR count). The van der Waals surface area contributed by atoms with Gasteiger partial charge in [0.05, 0.1) is 41.2 Å². The summed E-state index contributed by atoms with van der Waals surface area (Å²) in [6.07, 6.45) is -2.95. The Bertz CT molecular complexity index is 1550. The highest BCUT2D eigenvalue weighted by Gasteiger charge is 2.46. The third kappa shape index (κ3) is 6.94. The smallest absolute Gasteiger partial charge is 0.416 e. The zero-order chi connectivity index (χ0) is 30.8. The van der Waals surface area contributed by atoms with Crippen molar-refractivity contribution in [3.8, 4) is 0 Å². The van der Waals surface area contributed by atoms with Crippen LogP contribution in [-0.4, -0.2) is 35.9 Å². The molecule has 0 unspecified atom stereocenters. The van der Waals surface area contributed by atoms with Crippen molar-refractivity contribution >= 4 is 41.2 Å². The highest BCUT2D eigenvalue weighted by atomic mass is 35.5. The van der Waals surface area contributed by atoms with E-state index in [4.69, 9.17) is 21.1 Å². The average molecular weight is 638 g/mol. The summed E-state index contributed by atoms with van der Waals surface area (Å²) in [6.45, 7) is 0.314. The number of fused-ring (bicyclic) bond motifs is 2. The minimum Gasteiger partial charge on any atom is -0.416 e. The first-order valence-electron chi connectivity index (χ1n) is 13.1. The lowest BCUT2D eigenvalue weighted by Crippen LogP contribution is -2.43. The Hall–Kier alpha value is -3.68. The minimum absolute atomic E-state index is 0.0727. The predicted octanol–water partition coefficient (Wildman–Crippen LogP) is 5.29. The normalized spacial score (nSPS) is 16.5. The van der Waals surface area contributed by atoms with Gasteiger partial charge in [0.2, 0.25) is 0 Å². The van der Waals surface area contributed by atoms with Gasteiger partial charge in [-0.2, -0.15) is 13.2 Å². The van der Waals surface area contributed by atoms with Crippen LogP contribution in [0, 0.1) is 5.82 Å². The second-order valence-electron chi connectivity index (χ2n) is 9.84. The molecule has 3 aromatic rings. The monoisotopic (exact) mass is 637 g/mol. The number of aromatic nitrogens is 1. The van der Waals surface area contributed by atoms with E-state index in [0.717, 1.165) is 17.7 Å². The number of carbonyl (C=O) groups is 3. The number of carbonyl (C=O) groups excluding carboxylic acids is 3. The first kappa shape index (κ1) is 30.8. The number of halogens is 5. The number of hydrogen-bond acceptors (Lipinski definition) is 8. The van der Waals surface area contributed by atoms with Gasteiger partial charge in [-0.05, 0) is 54.9 Å². The molecule has 226 valence electrons. The van der Waals surface area contributed by atoms with Crippen molar-refractivity contribution in [3.63, 3.8) is 0 Å². The molecule has 2 aliphatic heterocycles. The fraction of sp³-hybridized carbons (Fsp3) is 0.310. The number of alkyl halides is 3. The van der Waals surface area contributed by atoms with Gasteiger partial charge in [0.15, 0.2) is 0 Å². The van der Waals surface area contributed by atoms with Crippen molar-refractivity contribution in [1.29, 1.82) is 0 Å². The molecule has 0 aliphatic carbocycles. The van der Waals surface area contributed by atoms with E-state index in [1.165, 1.54) is 24.0 Å². The molecule has 1 spiro atoms. The largest absolute Gasteiger partial charge is 0.416 e. The number of ether oxygens (including phenoxy) is 2. The molecule has 8 nitrogen and oxygen atoms in total. The van der Waals surface area contributed by atoms with E-state index in [9.17, 15) is 31.9 Å². The Balaban J connectivity index is 1.27. The summed E-state index contributed by atoms with van der Waals surface area (Å²) >= 11 is 7.96. The molecule has 1 saturated heterocycles. The summed E-state index contributed by atoms with van der Waals surface area (Å²) in [5.41, 5.74) is 0.897. The molecule has 0 atom stereocenters. The fourth-order valence-electron chi connectivity index (χ4n) is 4.73. The van der Waals surface area contributed by atoms with Crippen LogP contribution >= 0.6 is 23.4 Å². The summed E-state index contributed by atoms with van der Waals surface area (Å²) in [4.78, 5) is 42.2. The summed E-state index contributed by atoms with van der Waals surface area (Å²) in [7, 11) is 0. The number of pyridine rings is 1. The van der Waals surface area contributed by atoms with Crippen molar-refractivity contribution in [2.45, 2.75) is 48.4 Å². The highest BCUT2D eigenvalue weighted by molar-refractivity contribution is 7.98. The topological polar surface area (TPSA) is 107 Å². The number of benzene rings is 2. The molecule has 1 aromatic heterocycles. The van der Waals surface area contributed by atoms with Gasteiger partial charge in [0, 0.05) is 34.5 Å². The zero-order valence-corrected chi connectivity index (χ0v) is 23.9. The number of nitrogens with zero attached hydrogens (tertiary/aromatic N) is 1. The van der Waals surface area contributed by atoms with Crippen molar-refractivity contribution in [2.24, 2.45) is 0 Å². The van der Waals surface area contributed by atoms with E-state index in [1.807, 2.05) is 0 Å². The quantitative estimate of drug-likeness (QED) is 0.213. The predicted molar refractivity (Wildman–Crippen MR) is 147 cm³/mol. The van der Waals surface area contributed by atoms with Crippen molar-refractivity contribution < 1.29 is 41.4 Å². The van der Waals surface area contributed by atoms with Crippen LogP contribution in [0.4, 0.5) is 17.6 Å². The van der Waals surface area contributed by atoms with Gasteiger partial charge >= 0.3 is 18.1 Å². The second-order valence-corrected chi connectivity index (χ2v) is 11.2. The second kappa shape index (κ2) is 12.5. The molecule has 1 fully saturated rings. The van der Waals surface area contributed by atoms with Gasteiger partial charge in [-0.3, -0.25) is 19.4 Å². The van der Waals surface area contributed by atoms with Gasteiger partial charge < -0.3 is 20.1 Å². The number of esters is 2. The molecule has 0 saturated carbocycles. The van der Waals surface area contributed by atoms with Crippen LogP contribution in [0.2, 0.25) is 5.02 Å².